The number of aryl methyl sites for hydroxylation is 1. The molecule has 0 amide bonds. The lowest BCUT2D eigenvalue weighted by Gasteiger charge is -2.70. The predicted octanol–water partition coefficient (Wildman–Crippen LogP) is 10.7. The van der Waals surface area contributed by atoms with Crippen LogP contribution in [0.25, 0.3) is 11.0 Å². The van der Waals surface area contributed by atoms with E-state index in [1.807, 2.05) is 20.9 Å². The number of nitrogens with one attached hydrogen (secondary N) is 2. The Kier molecular flexibility index (Phi) is 11.6. The van der Waals surface area contributed by atoms with Crippen LogP contribution in [0.15, 0.2) is 41.7 Å². The molecule has 2 aromatic heterocycles. The van der Waals surface area contributed by atoms with Gasteiger partial charge in [-0.15, -0.1) is 0 Å². The molecule has 4 saturated carbocycles. The number of aromatic amines is 1. The lowest BCUT2D eigenvalue weighted by molar-refractivity contribution is -0.222. The first-order valence-corrected chi connectivity index (χ1v) is 27.2. The smallest absolute Gasteiger partial charge is 0.160 e. The second-order valence-corrected chi connectivity index (χ2v) is 25.7. The molecule has 8 aliphatic rings. The van der Waals surface area contributed by atoms with Crippen LogP contribution in [-0.2, 0) is 38.4 Å². The fourth-order valence-corrected chi connectivity index (χ4v) is 17.7. The van der Waals surface area contributed by atoms with Crippen LogP contribution in [0.3, 0.4) is 0 Å². The summed E-state index contributed by atoms with van der Waals surface area (Å²) in [6.07, 6.45) is 18.5. The Balaban J connectivity index is 1.05. The van der Waals surface area contributed by atoms with E-state index in [0.29, 0.717) is 49.8 Å². The molecule has 0 radical (unpaired) electrons. The van der Waals surface area contributed by atoms with E-state index in [1.165, 1.54) is 71.0 Å². The Labute approximate surface area is 406 Å². The van der Waals surface area contributed by atoms with E-state index >= 15 is 4.79 Å². The molecule has 68 heavy (non-hydrogen) atoms. The summed E-state index contributed by atoms with van der Waals surface area (Å²) < 4.78 is 14.4. The molecule has 4 N–H and O–H groups in total. The summed E-state index contributed by atoms with van der Waals surface area (Å²) in [6.45, 7) is 18.8. The maximum atomic E-state index is 15.4. The van der Waals surface area contributed by atoms with Gasteiger partial charge >= 0.3 is 0 Å². The largest absolute Gasteiger partial charge is 0.392 e. The first kappa shape index (κ1) is 47.3. The lowest BCUT2D eigenvalue weighted by Crippen LogP contribution is -2.68. The number of hydrogen-bond donors (Lipinski definition) is 4. The Hall–Kier alpha value is -3.08. The van der Waals surface area contributed by atoms with Crippen LogP contribution in [-0.4, -0.2) is 82.0 Å². The van der Waals surface area contributed by atoms with Crippen molar-refractivity contribution in [1.82, 2.24) is 14.9 Å². The number of carbonyl (C=O) groups is 2. The first-order chi connectivity index (χ1) is 32.3. The van der Waals surface area contributed by atoms with Crippen molar-refractivity contribution < 1.29 is 29.3 Å². The second kappa shape index (κ2) is 16.7. The average Bonchev–Trinajstić information content (AvgIpc) is 3.55. The van der Waals surface area contributed by atoms with Gasteiger partial charge in [0.2, 0.25) is 0 Å². The molecule has 11 rings (SSSR count). The number of aliphatic hydroxyl groups excluding tert-OH is 2. The van der Waals surface area contributed by atoms with Crippen molar-refractivity contribution in [3.63, 3.8) is 0 Å². The highest BCUT2D eigenvalue weighted by Gasteiger charge is 2.73. The molecule has 3 aliphatic heterocycles. The van der Waals surface area contributed by atoms with Crippen LogP contribution in [0.4, 0.5) is 0 Å². The molecule has 1 aromatic carbocycles. The van der Waals surface area contributed by atoms with Gasteiger partial charge in [0.05, 0.1) is 28.8 Å². The number of fused-ring (bicyclic) bond motifs is 4. The van der Waals surface area contributed by atoms with Crippen molar-refractivity contribution >= 4 is 22.6 Å². The van der Waals surface area contributed by atoms with Crippen LogP contribution < -0.4 is 5.32 Å². The van der Waals surface area contributed by atoms with Crippen LogP contribution in [0, 0.1) is 44.8 Å². The summed E-state index contributed by atoms with van der Waals surface area (Å²) in [5.74, 6) is 1.42. The Morgan fingerprint density at radius 3 is 2.29 bits per heavy atom. The van der Waals surface area contributed by atoms with E-state index in [2.05, 4.69) is 80.1 Å². The van der Waals surface area contributed by atoms with E-state index in [1.54, 1.807) is 0 Å². The van der Waals surface area contributed by atoms with Gasteiger partial charge in [0.25, 0.3) is 0 Å². The standard InChI is InChI=1S/C59H83N3O6/c1-54(2)53(68-54)44(64)30-55(3)19-14-38-32-61-49-41(28-35-26-39(36-12-10-9-11-13-36)29-40(27-35)37-17-24-67-25-18-37)33-62(50(38)49)34-42-47-48(55)43(63)31-59(47,7)58(6)21-15-45-56(4,22-23-60-8)46(65)16-20-57(45,5)52(58)51(42)66/h26-27,29,32-33,36-37,42,44-45,51-53,60-61,64,66H,9-25,28,30-31,34H2,1-8H3. The van der Waals surface area contributed by atoms with E-state index in [4.69, 9.17) is 9.47 Å². The fourth-order valence-electron chi connectivity index (χ4n) is 17.7. The van der Waals surface area contributed by atoms with E-state index in [9.17, 15) is 15.0 Å². The number of nitrogens with zero attached hydrogens (tertiary/aromatic N) is 1. The number of ether oxygens (including phenoxy) is 2. The van der Waals surface area contributed by atoms with Gasteiger partial charge in [0.1, 0.15) is 11.9 Å². The number of ketones is 2. The molecule has 3 aromatic rings. The van der Waals surface area contributed by atoms with E-state index in [0.717, 1.165) is 82.3 Å². The average molecular weight is 930 g/mol. The SMILES string of the molecule is CNCCC1(C)C(=O)CCC2(C)C1CCC1(C)C2C(O)C2Cn3cc(Cc4cc(C5CCCCC5)cc(C5CCOCC5)c4)c4[nH]cc(c43)CCC(C)(CC(O)C3OC3(C)C)C3=C2C1(C)CC3=O. The molecule has 9 heteroatoms. The van der Waals surface area contributed by atoms with Gasteiger partial charge in [-0.1, -0.05) is 72.1 Å². The van der Waals surface area contributed by atoms with Gasteiger partial charge in [0.15, 0.2) is 5.78 Å². The van der Waals surface area contributed by atoms with Crippen LogP contribution in [0.2, 0.25) is 0 Å². The number of epoxide rings is 1. The number of Topliss-reactive ketones (excluding diaryl/α,β-unsaturated/α-hetero) is 2. The minimum absolute atomic E-state index is 0.107. The van der Waals surface area contributed by atoms with Crippen LogP contribution in [0.5, 0.6) is 0 Å². The number of benzene rings is 1. The number of aliphatic hydroxyl groups is 2. The molecule has 11 unspecified atom stereocenters. The van der Waals surface area contributed by atoms with Crippen LogP contribution >= 0.6 is 0 Å². The molecule has 6 fully saturated rings. The minimum Gasteiger partial charge on any atom is -0.392 e. The molecule has 5 aliphatic carbocycles. The van der Waals surface area contributed by atoms with Crippen molar-refractivity contribution in [2.24, 2.45) is 44.8 Å². The molecular formula is C59H83N3O6. The van der Waals surface area contributed by atoms with E-state index < -0.39 is 34.1 Å². The Morgan fingerprint density at radius 1 is 0.897 bits per heavy atom. The summed E-state index contributed by atoms with van der Waals surface area (Å²) >= 11 is 0. The molecule has 370 valence electrons. The van der Waals surface area contributed by atoms with Gasteiger partial charge in [-0.2, -0.15) is 0 Å². The molecule has 9 nitrogen and oxygen atoms in total. The summed E-state index contributed by atoms with van der Waals surface area (Å²) in [5.41, 5.74) is 8.63. The van der Waals surface area contributed by atoms with Crippen molar-refractivity contribution in [1.29, 1.82) is 0 Å². The zero-order chi connectivity index (χ0) is 47.8. The predicted molar refractivity (Wildman–Crippen MR) is 268 cm³/mol. The third-order valence-electron chi connectivity index (χ3n) is 21.4. The van der Waals surface area contributed by atoms with Crippen molar-refractivity contribution in [3.8, 4) is 0 Å². The third-order valence-corrected chi connectivity index (χ3v) is 21.4. The Bertz CT molecular complexity index is 2470. The topological polar surface area (TPSA) is 129 Å². The number of hydrogen-bond acceptors (Lipinski definition) is 7. The minimum atomic E-state index is -0.727. The molecular weight excluding hydrogens is 847 g/mol. The molecule has 5 heterocycles. The maximum absolute atomic E-state index is 15.4. The lowest BCUT2D eigenvalue weighted by atomic mass is 9.34. The summed E-state index contributed by atoms with van der Waals surface area (Å²) in [6, 6.07) is 7.58. The molecule has 0 bridgehead atoms. The summed E-state index contributed by atoms with van der Waals surface area (Å²) in [5, 5.41) is 29.2. The summed E-state index contributed by atoms with van der Waals surface area (Å²) in [7, 11) is 1.98. The normalized spacial score (nSPS) is 38.9. The second-order valence-electron chi connectivity index (χ2n) is 25.7. The number of aromatic nitrogens is 2. The molecule has 11 atom stereocenters. The highest BCUT2D eigenvalue weighted by atomic mass is 16.6. The number of carbonyl (C=O) groups excluding carboxylic acids is 2. The quantitative estimate of drug-likeness (QED) is 0.149. The van der Waals surface area contributed by atoms with Gasteiger partial charge in [-0.25, -0.2) is 0 Å². The van der Waals surface area contributed by atoms with Crippen LogP contribution in [0.1, 0.15) is 184 Å². The van der Waals surface area contributed by atoms with Gasteiger partial charge in [-0.3, -0.25) is 9.59 Å². The van der Waals surface area contributed by atoms with Crippen molar-refractivity contribution in [2.75, 3.05) is 26.8 Å². The highest BCUT2D eigenvalue weighted by molar-refractivity contribution is 6.02. The van der Waals surface area contributed by atoms with Gasteiger partial charge in [0, 0.05) is 73.7 Å². The maximum Gasteiger partial charge on any atom is 0.160 e. The fraction of sp³-hybridized carbons (Fsp3) is 0.729. The van der Waals surface area contributed by atoms with Gasteiger partial charge < -0.3 is 34.6 Å². The molecule has 0 spiro atoms. The van der Waals surface area contributed by atoms with Crippen molar-refractivity contribution in [2.45, 2.75) is 200 Å². The first-order valence-electron chi connectivity index (χ1n) is 27.2. The zero-order valence-corrected chi connectivity index (χ0v) is 42.8. The zero-order valence-electron chi connectivity index (χ0n) is 42.8. The number of H-pyrrole nitrogens is 1. The highest BCUT2D eigenvalue weighted by Crippen LogP contribution is 2.76. The van der Waals surface area contributed by atoms with Crippen molar-refractivity contribution in [3.05, 3.63) is 69.6 Å². The Morgan fingerprint density at radius 2 is 1.60 bits per heavy atom. The van der Waals surface area contributed by atoms with Gasteiger partial charge in [-0.05, 0) is 171 Å². The third kappa shape index (κ3) is 7.21. The van der Waals surface area contributed by atoms with E-state index in [-0.39, 0.29) is 40.5 Å². The molecule has 2 saturated heterocycles. The number of allylic oxidation sites excluding steroid dienone is 1. The monoisotopic (exact) mass is 930 g/mol. The number of rotatable bonds is 10. The summed E-state index contributed by atoms with van der Waals surface area (Å²) in [4.78, 5) is 33.4.